The van der Waals surface area contributed by atoms with Crippen molar-refractivity contribution in [3.8, 4) is 0 Å². The molecule has 0 saturated carbocycles. The van der Waals surface area contributed by atoms with Crippen molar-refractivity contribution in [3.05, 3.63) is 46.0 Å². The van der Waals surface area contributed by atoms with Crippen molar-refractivity contribution in [2.24, 2.45) is 0 Å². The molecule has 0 radical (unpaired) electrons. The molecule has 6 N–H and O–H groups in total. The van der Waals surface area contributed by atoms with Crippen molar-refractivity contribution in [2.45, 2.75) is 20.0 Å². The Morgan fingerprint density at radius 2 is 1.97 bits per heavy atom. The maximum atomic E-state index is 11.5. The van der Waals surface area contributed by atoms with Crippen LogP contribution in [0.5, 0.6) is 0 Å². The number of pyridine rings is 1. The lowest BCUT2D eigenvalue weighted by Crippen LogP contribution is -2.28. The quantitative estimate of drug-likeness (QED) is 0.311. The van der Waals surface area contributed by atoms with Crippen LogP contribution in [0.2, 0.25) is 0 Å². The van der Waals surface area contributed by atoms with E-state index in [4.69, 9.17) is 10.5 Å². The van der Waals surface area contributed by atoms with Gasteiger partial charge in [0.1, 0.15) is 11.5 Å². The number of aliphatic hydroxyl groups excluding tert-OH is 1. The second-order valence-electron chi connectivity index (χ2n) is 6.17. The van der Waals surface area contributed by atoms with Gasteiger partial charge in [0.25, 0.3) is 0 Å². The van der Waals surface area contributed by atoms with Gasteiger partial charge in [-0.2, -0.15) is 0 Å². The molecule has 0 aliphatic heterocycles. The Hall–Kier alpha value is -3.60. The van der Waals surface area contributed by atoms with Crippen LogP contribution in [0.15, 0.2) is 30.3 Å². The predicted octanol–water partition coefficient (Wildman–Crippen LogP) is 2.33. The number of nitro groups is 1. The summed E-state index contributed by atoms with van der Waals surface area (Å²) in [4.78, 5) is 26.0. The summed E-state index contributed by atoms with van der Waals surface area (Å²) in [6, 6.07) is 8.91. The molecule has 11 heteroatoms. The Morgan fingerprint density at radius 3 is 2.59 bits per heavy atom. The molecule has 29 heavy (non-hydrogen) atoms. The average molecular weight is 404 g/mol. The lowest BCUT2D eigenvalue weighted by Gasteiger charge is -2.16. The minimum absolute atomic E-state index is 0.00199. The number of hydrogen-bond donors (Lipinski definition) is 5. The van der Waals surface area contributed by atoms with Crippen LogP contribution in [0.25, 0.3) is 0 Å². The van der Waals surface area contributed by atoms with E-state index in [1.807, 2.05) is 31.2 Å². The maximum absolute atomic E-state index is 11.5. The lowest BCUT2D eigenvalue weighted by molar-refractivity contribution is -0.383. The Morgan fingerprint density at radius 1 is 1.31 bits per heavy atom. The molecule has 0 bridgehead atoms. The number of anilines is 4. The van der Waals surface area contributed by atoms with E-state index in [1.54, 1.807) is 6.92 Å². The minimum atomic E-state index is -0.855. The van der Waals surface area contributed by atoms with E-state index < -0.39 is 22.8 Å². The number of carbonyl (C=O) groups is 1. The molecule has 1 aromatic heterocycles. The molecule has 1 heterocycles. The normalized spacial score (nSPS) is 11.4. The molecule has 1 unspecified atom stereocenters. The van der Waals surface area contributed by atoms with Gasteiger partial charge in [-0.1, -0.05) is 17.7 Å². The first kappa shape index (κ1) is 21.7. The highest BCUT2D eigenvalue weighted by molar-refractivity contribution is 5.86. The molecule has 11 nitrogen and oxygen atoms in total. The summed E-state index contributed by atoms with van der Waals surface area (Å²) >= 11 is 0. The molecule has 0 spiro atoms. The van der Waals surface area contributed by atoms with Crippen molar-refractivity contribution in [2.75, 3.05) is 41.4 Å². The van der Waals surface area contributed by atoms with Gasteiger partial charge in [-0.3, -0.25) is 15.4 Å². The highest BCUT2D eigenvalue weighted by atomic mass is 16.6. The third kappa shape index (κ3) is 6.50. The molecule has 0 fully saturated rings. The fraction of sp³-hybridized carbons (Fsp3) is 0.333. The highest BCUT2D eigenvalue weighted by Crippen LogP contribution is 2.32. The van der Waals surface area contributed by atoms with Gasteiger partial charge in [0, 0.05) is 24.8 Å². The van der Waals surface area contributed by atoms with E-state index in [2.05, 4.69) is 20.9 Å². The van der Waals surface area contributed by atoms with Crippen LogP contribution in [-0.4, -0.2) is 46.9 Å². The van der Waals surface area contributed by atoms with E-state index in [1.165, 1.54) is 6.07 Å². The van der Waals surface area contributed by atoms with Crippen molar-refractivity contribution in [1.82, 2.24) is 4.98 Å². The standard InChI is InChI=1S/C18H24N6O5/c1-3-29-18(26)23-15-8-14(16(24(27)28)17(19)22-15)21-10-13(25)9-20-12-6-4-11(2)5-7-12/h4-8,13,20,25H,3,9-10H2,1-2H3,(H4,19,21,22,23,26). The zero-order valence-corrected chi connectivity index (χ0v) is 16.1. The number of nitrogens with zero attached hydrogens (tertiary/aromatic N) is 2. The SMILES string of the molecule is CCOC(=O)Nc1cc(NCC(O)CNc2ccc(C)cc2)c([N+](=O)[O-])c(N)n1. The number of aryl methyl sites for hydroxylation is 1. The van der Waals surface area contributed by atoms with E-state index in [0.717, 1.165) is 11.3 Å². The van der Waals surface area contributed by atoms with E-state index in [-0.39, 0.29) is 37.0 Å². The molecule has 1 atom stereocenters. The molecule has 156 valence electrons. The van der Waals surface area contributed by atoms with Gasteiger partial charge in [0.15, 0.2) is 0 Å². The topological polar surface area (TPSA) is 165 Å². The van der Waals surface area contributed by atoms with E-state index in [0.29, 0.717) is 0 Å². The second kappa shape index (κ2) is 10.1. The van der Waals surface area contributed by atoms with Crippen LogP contribution in [0.3, 0.4) is 0 Å². The van der Waals surface area contributed by atoms with Gasteiger partial charge in [0.2, 0.25) is 5.82 Å². The fourth-order valence-electron chi connectivity index (χ4n) is 2.43. The molecule has 2 aromatic rings. The van der Waals surface area contributed by atoms with Crippen LogP contribution in [0.1, 0.15) is 12.5 Å². The summed E-state index contributed by atoms with van der Waals surface area (Å²) in [6.07, 6.45) is -1.62. The first-order valence-electron chi connectivity index (χ1n) is 8.91. The molecular weight excluding hydrogens is 380 g/mol. The number of aromatic nitrogens is 1. The van der Waals surface area contributed by atoms with Gasteiger partial charge in [-0.05, 0) is 26.0 Å². The van der Waals surface area contributed by atoms with E-state index >= 15 is 0 Å². The Bertz CT molecular complexity index is 859. The van der Waals surface area contributed by atoms with Gasteiger partial charge >= 0.3 is 11.8 Å². The summed E-state index contributed by atoms with van der Waals surface area (Å²) in [6.45, 7) is 3.98. The zero-order valence-electron chi connectivity index (χ0n) is 16.1. The van der Waals surface area contributed by atoms with Crippen molar-refractivity contribution in [3.63, 3.8) is 0 Å². The maximum Gasteiger partial charge on any atom is 0.412 e. The van der Waals surface area contributed by atoms with Crippen LogP contribution < -0.4 is 21.7 Å². The summed E-state index contributed by atoms with van der Waals surface area (Å²) < 4.78 is 4.75. The number of nitrogens with two attached hydrogens (primary N) is 1. The zero-order chi connectivity index (χ0) is 21.4. The second-order valence-corrected chi connectivity index (χ2v) is 6.17. The Kier molecular flexibility index (Phi) is 7.54. The number of carbonyl (C=O) groups excluding carboxylic acids is 1. The minimum Gasteiger partial charge on any atom is -0.450 e. The molecular formula is C18H24N6O5. The summed E-state index contributed by atoms with van der Waals surface area (Å²) in [5, 5.41) is 29.7. The number of amides is 1. The van der Waals surface area contributed by atoms with Crippen molar-refractivity contribution >= 4 is 34.8 Å². The molecule has 0 aliphatic carbocycles. The number of nitrogen functional groups attached to an aromatic ring is 1. The number of hydrogen-bond acceptors (Lipinski definition) is 9. The van der Waals surface area contributed by atoms with Gasteiger partial charge in [-0.15, -0.1) is 0 Å². The van der Waals surface area contributed by atoms with Gasteiger partial charge < -0.3 is 26.2 Å². The number of nitrogens with one attached hydrogen (secondary N) is 3. The number of benzene rings is 1. The van der Waals surface area contributed by atoms with Crippen LogP contribution in [0, 0.1) is 17.0 Å². The lowest BCUT2D eigenvalue weighted by atomic mass is 10.2. The smallest absolute Gasteiger partial charge is 0.412 e. The van der Waals surface area contributed by atoms with Crippen molar-refractivity contribution < 1.29 is 19.6 Å². The summed E-state index contributed by atoms with van der Waals surface area (Å²) in [7, 11) is 0. The molecule has 0 saturated heterocycles. The first-order valence-corrected chi connectivity index (χ1v) is 8.91. The van der Waals surface area contributed by atoms with E-state index in [9.17, 15) is 20.0 Å². The monoisotopic (exact) mass is 404 g/mol. The number of ether oxygens (including phenoxy) is 1. The van der Waals surface area contributed by atoms with Crippen LogP contribution in [0.4, 0.5) is 33.5 Å². The van der Waals surface area contributed by atoms with Gasteiger partial charge in [-0.25, -0.2) is 9.78 Å². The van der Waals surface area contributed by atoms with Gasteiger partial charge in [0.05, 0.1) is 17.6 Å². The average Bonchev–Trinajstić information content (AvgIpc) is 2.65. The highest BCUT2D eigenvalue weighted by Gasteiger charge is 2.22. The first-order chi connectivity index (χ1) is 13.8. The number of aliphatic hydroxyl groups is 1. The fourth-order valence-corrected chi connectivity index (χ4v) is 2.43. The largest absolute Gasteiger partial charge is 0.450 e. The third-order valence-electron chi connectivity index (χ3n) is 3.83. The molecule has 1 aromatic carbocycles. The molecule has 1 amide bonds. The van der Waals surface area contributed by atoms with Crippen molar-refractivity contribution in [1.29, 1.82) is 0 Å². The molecule has 0 aliphatic rings. The van der Waals surface area contributed by atoms with Crippen LogP contribution >= 0.6 is 0 Å². The Labute approximate surface area is 167 Å². The summed E-state index contributed by atoms with van der Waals surface area (Å²) in [5.41, 5.74) is 7.20. The third-order valence-corrected chi connectivity index (χ3v) is 3.83. The molecule has 2 rings (SSSR count). The van der Waals surface area contributed by atoms with Crippen LogP contribution in [-0.2, 0) is 4.74 Å². The number of rotatable bonds is 9. The predicted molar refractivity (Wildman–Crippen MR) is 110 cm³/mol. The summed E-state index contributed by atoms with van der Waals surface area (Å²) in [5.74, 6) is -0.389. The Balaban J connectivity index is 2.04.